The molecule has 3 rings (SSSR count). The zero-order chi connectivity index (χ0) is 12.0. The van der Waals surface area contributed by atoms with Crippen molar-refractivity contribution >= 4 is 17.4 Å². The highest BCUT2D eigenvalue weighted by molar-refractivity contribution is 5.87. The maximum Gasteiger partial charge on any atom is 0.354 e. The molecule has 0 unspecified atom stereocenters. The molecule has 1 aliphatic carbocycles. The van der Waals surface area contributed by atoms with Crippen LogP contribution in [0.15, 0.2) is 12.4 Å². The number of nitrogens with one attached hydrogen (secondary N) is 1. The Balaban J connectivity index is 2.17. The second kappa shape index (κ2) is 3.34. The number of rotatable bonds is 3. The molecule has 3 N–H and O–H groups in total. The summed E-state index contributed by atoms with van der Waals surface area (Å²) in [6, 6.07) is 0.345. The zero-order valence-corrected chi connectivity index (χ0v) is 8.79. The molecule has 17 heavy (non-hydrogen) atoms. The number of carboxylic acid groups (broad SMARTS) is 1. The third kappa shape index (κ3) is 1.65. The minimum Gasteiger partial charge on any atom is -0.492 e. The maximum absolute atomic E-state index is 10.9. The van der Waals surface area contributed by atoms with Crippen molar-refractivity contribution in [2.24, 2.45) is 0 Å². The van der Waals surface area contributed by atoms with E-state index in [9.17, 15) is 9.90 Å². The molecule has 2 aromatic rings. The minimum absolute atomic E-state index is 0.00320. The summed E-state index contributed by atoms with van der Waals surface area (Å²) in [5, 5.41) is 21.5. The topological polar surface area (TPSA) is 99.8 Å². The summed E-state index contributed by atoms with van der Waals surface area (Å²) in [4.78, 5) is 18.9. The highest BCUT2D eigenvalue weighted by Crippen LogP contribution is 2.27. The molecule has 1 saturated carbocycles. The monoisotopic (exact) mass is 234 g/mol. The van der Waals surface area contributed by atoms with Gasteiger partial charge in [-0.05, 0) is 12.8 Å². The molecule has 0 aliphatic heterocycles. The van der Waals surface area contributed by atoms with Gasteiger partial charge in [0.15, 0.2) is 17.2 Å². The maximum atomic E-state index is 10.9. The lowest BCUT2D eigenvalue weighted by Crippen LogP contribution is -2.07. The van der Waals surface area contributed by atoms with Gasteiger partial charge in [-0.25, -0.2) is 9.78 Å². The van der Waals surface area contributed by atoms with Gasteiger partial charge in [0, 0.05) is 6.04 Å². The molecule has 1 aliphatic rings. The minimum atomic E-state index is -1.10. The van der Waals surface area contributed by atoms with Gasteiger partial charge in [-0.2, -0.15) is 4.98 Å². The average Bonchev–Trinajstić information content (AvgIpc) is 2.94. The second-order valence-corrected chi connectivity index (χ2v) is 4.01. The zero-order valence-electron chi connectivity index (χ0n) is 8.79. The van der Waals surface area contributed by atoms with Crippen LogP contribution in [0.4, 0.5) is 5.82 Å². The van der Waals surface area contributed by atoms with Gasteiger partial charge in [-0.3, -0.25) is 4.40 Å². The van der Waals surface area contributed by atoms with Crippen LogP contribution in [0, 0.1) is 0 Å². The first-order valence-corrected chi connectivity index (χ1v) is 5.22. The van der Waals surface area contributed by atoms with Crippen molar-refractivity contribution in [2.45, 2.75) is 18.9 Å². The first kappa shape index (κ1) is 9.88. The number of aromatic nitrogens is 3. The van der Waals surface area contributed by atoms with Crippen molar-refractivity contribution in [2.75, 3.05) is 5.32 Å². The summed E-state index contributed by atoms with van der Waals surface area (Å²) in [6.45, 7) is 0. The Kier molecular flexibility index (Phi) is 1.94. The van der Waals surface area contributed by atoms with Crippen LogP contribution in [-0.4, -0.2) is 36.6 Å². The summed E-state index contributed by atoms with van der Waals surface area (Å²) < 4.78 is 1.31. The number of carboxylic acids is 1. The molecule has 0 atom stereocenters. The quantitative estimate of drug-likeness (QED) is 0.723. The highest BCUT2D eigenvalue weighted by atomic mass is 16.4. The fourth-order valence-corrected chi connectivity index (χ4v) is 1.65. The Hall–Kier alpha value is -2.31. The molecule has 0 radical (unpaired) electrons. The fourth-order valence-electron chi connectivity index (χ4n) is 1.65. The van der Waals surface area contributed by atoms with Crippen molar-refractivity contribution in [1.29, 1.82) is 0 Å². The van der Waals surface area contributed by atoms with Crippen LogP contribution in [-0.2, 0) is 0 Å². The van der Waals surface area contributed by atoms with E-state index in [2.05, 4.69) is 15.3 Å². The Morgan fingerprint density at radius 1 is 1.53 bits per heavy atom. The van der Waals surface area contributed by atoms with Crippen LogP contribution < -0.4 is 5.32 Å². The normalized spacial score (nSPS) is 15.1. The molecule has 0 saturated heterocycles. The number of hydrogen-bond donors (Lipinski definition) is 3. The Bertz CT molecular complexity index is 603. The SMILES string of the molecule is O=C(O)c1cnc2c(NC3CC3)nc(O)cn12. The first-order chi connectivity index (χ1) is 8.15. The summed E-state index contributed by atoms with van der Waals surface area (Å²) in [6.07, 6.45) is 4.59. The molecule has 0 aromatic carbocycles. The Labute approximate surface area is 95.7 Å². The largest absolute Gasteiger partial charge is 0.492 e. The smallest absolute Gasteiger partial charge is 0.354 e. The number of aromatic hydroxyl groups is 1. The molecule has 2 aromatic heterocycles. The van der Waals surface area contributed by atoms with E-state index in [0.29, 0.717) is 17.5 Å². The summed E-state index contributed by atoms with van der Waals surface area (Å²) in [5.74, 6) is -0.915. The number of aromatic carboxylic acids is 1. The van der Waals surface area contributed by atoms with E-state index in [4.69, 9.17) is 5.11 Å². The van der Waals surface area contributed by atoms with Crippen molar-refractivity contribution in [3.8, 4) is 5.88 Å². The molecule has 7 nitrogen and oxygen atoms in total. The average molecular weight is 234 g/mol. The van der Waals surface area contributed by atoms with Crippen molar-refractivity contribution in [1.82, 2.24) is 14.4 Å². The lowest BCUT2D eigenvalue weighted by Gasteiger charge is -2.06. The van der Waals surface area contributed by atoms with Gasteiger partial charge in [0.1, 0.15) is 0 Å². The van der Waals surface area contributed by atoms with E-state index >= 15 is 0 Å². The van der Waals surface area contributed by atoms with Crippen molar-refractivity contribution in [3.63, 3.8) is 0 Å². The van der Waals surface area contributed by atoms with Crippen LogP contribution in [0.5, 0.6) is 5.88 Å². The molecule has 0 amide bonds. The standard InChI is InChI=1S/C10H10N4O3/c15-7-4-14-6(10(16)17)3-11-9(14)8(13-7)12-5-1-2-5/h3-5,15H,1-2H2,(H,12,13)(H,16,17). The number of nitrogens with zero attached hydrogens (tertiary/aromatic N) is 3. The lowest BCUT2D eigenvalue weighted by molar-refractivity contribution is 0.0689. The Morgan fingerprint density at radius 3 is 2.94 bits per heavy atom. The fraction of sp³-hybridized carbons (Fsp3) is 0.300. The summed E-state index contributed by atoms with van der Waals surface area (Å²) in [5.41, 5.74) is 0.406. The van der Waals surface area contributed by atoms with Gasteiger partial charge in [-0.1, -0.05) is 0 Å². The molecular weight excluding hydrogens is 224 g/mol. The molecule has 0 spiro atoms. The van der Waals surface area contributed by atoms with Gasteiger partial charge >= 0.3 is 5.97 Å². The van der Waals surface area contributed by atoms with Gasteiger partial charge < -0.3 is 15.5 Å². The summed E-state index contributed by atoms with van der Waals surface area (Å²) >= 11 is 0. The molecule has 7 heteroatoms. The van der Waals surface area contributed by atoms with Crippen molar-refractivity contribution < 1.29 is 15.0 Å². The van der Waals surface area contributed by atoms with E-state index in [1.54, 1.807) is 0 Å². The number of anilines is 1. The van der Waals surface area contributed by atoms with Crippen LogP contribution in [0.2, 0.25) is 0 Å². The van der Waals surface area contributed by atoms with Crippen molar-refractivity contribution in [3.05, 3.63) is 18.1 Å². The third-order valence-electron chi connectivity index (χ3n) is 2.62. The van der Waals surface area contributed by atoms with Crippen LogP contribution >= 0.6 is 0 Å². The van der Waals surface area contributed by atoms with E-state index in [0.717, 1.165) is 12.8 Å². The summed E-state index contributed by atoms with van der Waals surface area (Å²) in [7, 11) is 0. The predicted molar refractivity (Wildman–Crippen MR) is 58.3 cm³/mol. The Morgan fingerprint density at radius 2 is 2.29 bits per heavy atom. The molecule has 0 bridgehead atoms. The number of imidazole rings is 1. The van der Waals surface area contributed by atoms with E-state index in [-0.39, 0.29) is 11.6 Å². The lowest BCUT2D eigenvalue weighted by atomic mass is 10.5. The molecule has 88 valence electrons. The predicted octanol–water partition coefficient (Wildman–Crippen LogP) is 0.707. The molecule has 2 heterocycles. The number of fused-ring (bicyclic) bond motifs is 1. The van der Waals surface area contributed by atoms with Gasteiger partial charge in [0.2, 0.25) is 5.88 Å². The van der Waals surface area contributed by atoms with Crippen LogP contribution in [0.3, 0.4) is 0 Å². The van der Waals surface area contributed by atoms with Gasteiger partial charge in [0.05, 0.1) is 12.4 Å². The first-order valence-electron chi connectivity index (χ1n) is 5.22. The highest BCUT2D eigenvalue weighted by Gasteiger charge is 2.24. The van der Waals surface area contributed by atoms with E-state index in [1.165, 1.54) is 16.8 Å². The van der Waals surface area contributed by atoms with Crippen LogP contribution in [0.25, 0.3) is 5.65 Å². The van der Waals surface area contributed by atoms with Crippen LogP contribution in [0.1, 0.15) is 23.3 Å². The number of hydrogen-bond acceptors (Lipinski definition) is 5. The third-order valence-corrected chi connectivity index (χ3v) is 2.62. The van der Waals surface area contributed by atoms with E-state index < -0.39 is 5.97 Å². The molecular formula is C10H10N4O3. The number of carbonyl (C=O) groups is 1. The van der Waals surface area contributed by atoms with Gasteiger partial charge in [0.25, 0.3) is 0 Å². The van der Waals surface area contributed by atoms with Gasteiger partial charge in [-0.15, -0.1) is 0 Å². The van der Waals surface area contributed by atoms with E-state index in [1.807, 2.05) is 0 Å². The second-order valence-electron chi connectivity index (χ2n) is 4.01. The molecule has 1 fully saturated rings.